The molecule has 0 aromatic carbocycles. The van der Waals surface area contributed by atoms with Crippen molar-refractivity contribution in [2.75, 3.05) is 57.5 Å². The lowest BCUT2D eigenvalue weighted by atomic mass is 9.93. The number of rotatable bonds is 4. The molecule has 0 unspecified atom stereocenters. The molecule has 2 aromatic heterocycles. The Bertz CT molecular complexity index is 922. The van der Waals surface area contributed by atoms with E-state index in [0.29, 0.717) is 45.4 Å². The predicted octanol–water partition coefficient (Wildman–Crippen LogP) is 2.20. The number of aromatic nitrogens is 2. The molecule has 5 rings (SSSR count). The number of nitrogens with one attached hydrogen (secondary N) is 1. The van der Waals surface area contributed by atoms with Gasteiger partial charge in [0.05, 0.1) is 37.3 Å². The van der Waals surface area contributed by atoms with Gasteiger partial charge in [-0.25, -0.2) is 4.79 Å². The second-order valence-electron chi connectivity index (χ2n) is 8.60. The molecule has 0 radical (unpaired) electrons. The summed E-state index contributed by atoms with van der Waals surface area (Å²) < 4.78 is 17.2. The zero-order valence-electron chi connectivity index (χ0n) is 18.4. The van der Waals surface area contributed by atoms with E-state index in [9.17, 15) is 4.79 Å². The lowest BCUT2D eigenvalue weighted by Crippen LogP contribution is -2.50. The molecule has 3 fully saturated rings. The minimum absolute atomic E-state index is 0.0228. The number of amides is 2. The maximum absolute atomic E-state index is 12.5. The number of carbonyl (C=O) groups is 1. The van der Waals surface area contributed by atoms with E-state index in [1.165, 1.54) is 0 Å². The smallest absolute Gasteiger partial charge is 0.317 e. The van der Waals surface area contributed by atoms with E-state index in [2.05, 4.69) is 15.2 Å². The number of urea groups is 1. The van der Waals surface area contributed by atoms with Crippen molar-refractivity contribution >= 4 is 22.8 Å². The molecule has 9 nitrogen and oxygen atoms in total. The topological polar surface area (TPSA) is 89.0 Å². The van der Waals surface area contributed by atoms with Crippen LogP contribution in [0.25, 0.3) is 10.9 Å². The van der Waals surface area contributed by atoms with Crippen molar-refractivity contribution in [1.29, 1.82) is 0 Å². The molecule has 0 atom stereocenters. The lowest BCUT2D eigenvalue weighted by Gasteiger charge is -2.33. The molecule has 4 heterocycles. The van der Waals surface area contributed by atoms with Gasteiger partial charge in [0.2, 0.25) is 5.88 Å². The van der Waals surface area contributed by atoms with Gasteiger partial charge >= 0.3 is 6.03 Å². The molecule has 1 N–H and O–H groups in total. The molecule has 1 saturated carbocycles. The average Bonchev–Trinajstić information content (AvgIpc) is 2.86. The first-order chi connectivity index (χ1) is 15.8. The van der Waals surface area contributed by atoms with Crippen LogP contribution in [0.2, 0.25) is 0 Å². The number of morpholine rings is 2. The molecule has 3 aliphatic rings. The summed E-state index contributed by atoms with van der Waals surface area (Å²) in [5.41, 5.74) is 0.894. The minimum atomic E-state index is 0.0228. The quantitative estimate of drug-likeness (QED) is 0.778. The Kier molecular flexibility index (Phi) is 6.54. The van der Waals surface area contributed by atoms with Gasteiger partial charge in [-0.2, -0.15) is 4.98 Å². The molecular formula is C23H31N5O4. The van der Waals surface area contributed by atoms with Crippen LogP contribution in [0.15, 0.2) is 24.4 Å². The molecular weight excluding hydrogens is 410 g/mol. The molecule has 0 bridgehead atoms. The van der Waals surface area contributed by atoms with Crippen molar-refractivity contribution in [3.63, 3.8) is 0 Å². The van der Waals surface area contributed by atoms with Crippen LogP contribution in [-0.2, 0) is 9.47 Å². The molecule has 172 valence electrons. The van der Waals surface area contributed by atoms with Gasteiger partial charge < -0.3 is 29.3 Å². The molecule has 2 saturated heterocycles. The fraction of sp³-hybridized carbons (Fsp3) is 0.609. The number of anilines is 1. The van der Waals surface area contributed by atoms with Gasteiger partial charge in [-0.3, -0.25) is 4.98 Å². The van der Waals surface area contributed by atoms with Crippen molar-refractivity contribution in [2.24, 2.45) is 0 Å². The number of hydrogen-bond donors (Lipinski definition) is 1. The van der Waals surface area contributed by atoms with Crippen molar-refractivity contribution in [1.82, 2.24) is 20.2 Å². The third-order valence-corrected chi connectivity index (χ3v) is 6.46. The molecule has 2 amide bonds. The fourth-order valence-corrected chi connectivity index (χ4v) is 4.59. The summed E-state index contributed by atoms with van der Waals surface area (Å²) in [5, 5.41) is 4.12. The van der Waals surface area contributed by atoms with E-state index in [1.807, 2.05) is 23.1 Å². The van der Waals surface area contributed by atoms with Crippen molar-refractivity contribution in [3.8, 4) is 5.88 Å². The number of carbonyl (C=O) groups excluding carboxylic acids is 1. The SMILES string of the molecule is O=C(NC1CCC(Oc2nc(N3CCOCC3)cc3ncccc23)CC1)N1CCOCC1. The number of pyridine rings is 2. The van der Waals surface area contributed by atoms with Crippen LogP contribution in [0, 0.1) is 0 Å². The summed E-state index contributed by atoms with van der Waals surface area (Å²) in [6.07, 6.45) is 5.47. The van der Waals surface area contributed by atoms with E-state index < -0.39 is 0 Å². The van der Waals surface area contributed by atoms with Crippen LogP contribution >= 0.6 is 0 Å². The van der Waals surface area contributed by atoms with Crippen LogP contribution in [0.3, 0.4) is 0 Å². The van der Waals surface area contributed by atoms with Gasteiger partial charge in [0.15, 0.2) is 0 Å². The normalized spacial score (nSPS) is 24.4. The largest absolute Gasteiger partial charge is 0.474 e. The van der Waals surface area contributed by atoms with Crippen LogP contribution in [0.1, 0.15) is 25.7 Å². The predicted molar refractivity (Wildman–Crippen MR) is 120 cm³/mol. The summed E-state index contributed by atoms with van der Waals surface area (Å²) in [6, 6.07) is 6.18. The maximum Gasteiger partial charge on any atom is 0.317 e. The van der Waals surface area contributed by atoms with Crippen LogP contribution in [0.4, 0.5) is 10.6 Å². The highest BCUT2D eigenvalue weighted by Gasteiger charge is 2.27. The van der Waals surface area contributed by atoms with Crippen LogP contribution in [0.5, 0.6) is 5.88 Å². The highest BCUT2D eigenvalue weighted by Crippen LogP contribution is 2.31. The Balaban J connectivity index is 1.22. The van der Waals surface area contributed by atoms with Gasteiger partial charge in [0.1, 0.15) is 11.9 Å². The summed E-state index contributed by atoms with van der Waals surface area (Å²) >= 11 is 0. The Morgan fingerprint density at radius 1 is 1.03 bits per heavy atom. The van der Waals surface area contributed by atoms with E-state index in [-0.39, 0.29) is 18.2 Å². The van der Waals surface area contributed by atoms with Gasteiger partial charge in [-0.15, -0.1) is 0 Å². The highest BCUT2D eigenvalue weighted by atomic mass is 16.5. The summed E-state index contributed by atoms with van der Waals surface area (Å²) in [4.78, 5) is 25.9. The zero-order valence-corrected chi connectivity index (χ0v) is 18.4. The number of fused-ring (bicyclic) bond motifs is 1. The molecule has 32 heavy (non-hydrogen) atoms. The number of ether oxygens (including phenoxy) is 3. The van der Waals surface area contributed by atoms with E-state index in [1.54, 1.807) is 6.20 Å². The Morgan fingerprint density at radius 3 is 2.50 bits per heavy atom. The molecule has 2 aromatic rings. The fourth-order valence-electron chi connectivity index (χ4n) is 4.59. The van der Waals surface area contributed by atoms with Crippen molar-refractivity contribution < 1.29 is 19.0 Å². The van der Waals surface area contributed by atoms with E-state index >= 15 is 0 Å². The number of hydrogen-bond acceptors (Lipinski definition) is 7. The maximum atomic E-state index is 12.5. The third-order valence-electron chi connectivity index (χ3n) is 6.46. The zero-order chi connectivity index (χ0) is 21.8. The third kappa shape index (κ3) is 4.88. The number of nitrogens with zero attached hydrogens (tertiary/aromatic N) is 4. The van der Waals surface area contributed by atoms with Crippen molar-refractivity contribution in [2.45, 2.75) is 37.8 Å². The van der Waals surface area contributed by atoms with Gasteiger partial charge in [0.25, 0.3) is 0 Å². The second kappa shape index (κ2) is 9.87. The minimum Gasteiger partial charge on any atom is -0.474 e. The first kappa shape index (κ1) is 21.2. The summed E-state index contributed by atoms with van der Waals surface area (Å²) in [6.45, 7) is 5.61. The summed E-state index contributed by atoms with van der Waals surface area (Å²) in [5.74, 6) is 1.54. The molecule has 0 spiro atoms. The Labute approximate surface area is 188 Å². The molecule has 1 aliphatic carbocycles. The second-order valence-corrected chi connectivity index (χ2v) is 8.60. The van der Waals surface area contributed by atoms with Crippen LogP contribution < -0.4 is 15.0 Å². The van der Waals surface area contributed by atoms with Gasteiger partial charge in [-0.1, -0.05) is 0 Å². The van der Waals surface area contributed by atoms with E-state index in [4.69, 9.17) is 19.2 Å². The lowest BCUT2D eigenvalue weighted by molar-refractivity contribution is 0.0514. The summed E-state index contributed by atoms with van der Waals surface area (Å²) in [7, 11) is 0. The first-order valence-corrected chi connectivity index (χ1v) is 11.6. The van der Waals surface area contributed by atoms with Gasteiger partial charge in [-0.05, 0) is 37.8 Å². The Morgan fingerprint density at radius 2 is 1.75 bits per heavy atom. The van der Waals surface area contributed by atoms with Gasteiger partial charge in [0, 0.05) is 44.5 Å². The standard InChI is InChI=1S/C23H31N5O4/c29-23(28-10-14-31-15-11-28)25-17-3-5-18(6-4-17)32-22-19-2-1-7-24-20(19)16-21(26-22)27-8-12-30-13-9-27/h1-2,7,16-18H,3-6,8-15H2,(H,25,29). The van der Waals surface area contributed by atoms with E-state index in [0.717, 1.165) is 55.5 Å². The Hall–Kier alpha value is -2.65. The average molecular weight is 442 g/mol. The van der Waals surface area contributed by atoms with Crippen LogP contribution in [-0.4, -0.2) is 85.7 Å². The highest BCUT2D eigenvalue weighted by molar-refractivity contribution is 5.85. The first-order valence-electron chi connectivity index (χ1n) is 11.6. The molecule has 9 heteroatoms. The van der Waals surface area contributed by atoms with Crippen molar-refractivity contribution in [3.05, 3.63) is 24.4 Å². The molecule has 2 aliphatic heterocycles. The monoisotopic (exact) mass is 441 g/mol.